The van der Waals surface area contributed by atoms with Gasteiger partial charge in [0.05, 0.1) is 0 Å². The van der Waals surface area contributed by atoms with Crippen LogP contribution in [0.15, 0.2) is 24.3 Å². The summed E-state index contributed by atoms with van der Waals surface area (Å²) in [4.78, 5) is 2.39. The van der Waals surface area contributed by atoms with E-state index in [-0.39, 0.29) is 5.82 Å². The number of halogens is 1. The van der Waals surface area contributed by atoms with Gasteiger partial charge in [0.25, 0.3) is 0 Å². The fourth-order valence-electron chi connectivity index (χ4n) is 2.47. The fraction of sp³-hybridized carbons (Fsp3) is 0.571. The summed E-state index contributed by atoms with van der Waals surface area (Å²) in [5, 5.41) is 3.41. The van der Waals surface area contributed by atoms with Crippen molar-refractivity contribution >= 4 is 0 Å². The highest BCUT2D eigenvalue weighted by molar-refractivity contribution is 5.17. The lowest BCUT2D eigenvalue weighted by atomic mass is 10.00. The lowest BCUT2D eigenvalue weighted by Gasteiger charge is -2.38. The van der Waals surface area contributed by atoms with Gasteiger partial charge >= 0.3 is 0 Å². The summed E-state index contributed by atoms with van der Waals surface area (Å²) in [6.45, 7) is 8.18. The molecule has 0 saturated carbocycles. The highest BCUT2D eigenvalue weighted by Gasteiger charge is 2.25. The predicted octanol–water partition coefficient (Wildman–Crippen LogP) is 2.26. The van der Waals surface area contributed by atoms with Crippen LogP contribution in [0.1, 0.15) is 19.4 Å². The van der Waals surface area contributed by atoms with E-state index in [1.54, 1.807) is 12.1 Å². The van der Waals surface area contributed by atoms with Crippen molar-refractivity contribution in [3.63, 3.8) is 0 Å². The quantitative estimate of drug-likeness (QED) is 0.866. The standard InChI is InChI=1S/C14H21FN2/c1-11(2)14-9-16-7-8-17(14)10-12-5-3-4-6-13(12)15/h3-6,11,14,16H,7-10H2,1-2H3. The van der Waals surface area contributed by atoms with Crippen LogP contribution in [-0.2, 0) is 6.54 Å². The number of hydrogen-bond acceptors (Lipinski definition) is 2. The Hall–Kier alpha value is -0.930. The van der Waals surface area contributed by atoms with Gasteiger partial charge in [0.1, 0.15) is 5.82 Å². The van der Waals surface area contributed by atoms with E-state index in [2.05, 4.69) is 24.1 Å². The van der Waals surface area contributed by atoms with Gasteiger partial charge in [-0.05, 0) is 12.0 Å². The minimum atomic E-state index is -0.0893. The molecule has 1 atom stereocenters. The molecule has 1 aromatic rings. The molecule has 0 aliphatic carbocycles. The summed E-state index contributed by atoms with van der Waals surface area (Å²) in [7, 11) is 0. The first-order valence-corrected chi connectivity index (χ1v) is 6.36. The lowest BCUT2D eigenvalue weighted by molar-refractivity contribution is 0.116. The summed E-state index contributed by atoms with van der Waals surface area (Å²) in [6.07, 6.45) is 0. The summed E-state index contributed by atoms with van der Waals surface area (Å²) in [5.74, 6) is 0.503. The van der Waals surface area contributed by atoms with Crippen molar-refractivity contribution in [2.75, 3.05) is 19.6 Å². The molecule has 1 heterocycles. The first kappa shape index (κ1) is 12.5. The number of benzene rings is 1. The van der Waals surface area contributed by atoms with Gasteiger partial charge in [-0.2, -0.15) is 0 Å². The molecule has 1 saturated heterocycles. The second-order valence-corrected chi connectivity index (χ2v) is 5.08. The van der Waals surface area contributed by atoms with E-state index in [9.17, 15) is 4.39 Å². The molecule has 0 bridgehead atoms. The number of piperazine rings is 1. The van der Waals surface area contributed by atoms with Crippen molar-refractivity contribution < 1.29 is 4.39 Å². The molecule has 3 heteroatoms. The zero-order valence-corrected chi connectivity index (χ0v) is 10.6. The maximum Gasteiger partial charge on any atom is 0.127 e. The van der Waals surface area contributed by atoms with Crippen LogP contribution in [-0.4, -0.2) is 30.6 Å². The van der Waals surface area contributed by atoms with Crippen LogP contribution in [0, 0.1) is 11.7 Å². The molecule has 2 nitrogen and oxygen atoms in total. The normalized spacial score (nSPS) is 22.0. The molecule has 0 radical (unpaired) electrons. The van der Waals surface area contributed by atoms with E-state index in [0.717, 1.165) is 31.7 Å². The lowest BCUT2D eigenvalue weighted by Crippen LogP contribution is -2.53. The van der Waals surface area contributed by atoms with Gasteiger partial charge in [0, 0.05) is 37.8 Å². The van der Waals surface area contributed by atoms with Gasteiger partial charge in [-0.3, -0.25) is 4.90 Å². The zero-order chi connectivity index (χ0) is 12.3. The summed E-state index contributed by atoms with van der Waals surface area (Å²) >= 11 is 0. The molecule has 1 aromatic carbocycles. The average molecular weight is 236 g/mol. The highest BCUT2D eigenvalue weighted by Crippen LogP contribution is 2.17. The molecule has 0 spiro atoms. The third-order valence-corrected chi connectivity index (χ3v) is 3.50. The Morgan fingerprint density at radius 2 is 2.18 bits per heavy atom. The van der Waals surface area contributed by atoms with E-state index >= 15 is 0 Å². The predicted molar refractivity (Wildman–Crippen MR) is 68.3 cm³/mol. The molecule has 94 valence electrons. The van der Waals surface area contributed by atoms with Crippen molar-refractivity contribution in [3.8, 4) is 0 Å². The van der Waals surface area contributed by atoms with Gasteiger partial charge in [-0.25, -0.2) is 4.39 Å². The Balaban J connectivity index is 2.08. The first-order valence-electron chi connectivity index (χ1n) is 6.36. The molecular weight excluding hydrogens is 215 g/mol. The Morgan fingerprint density at radius 1 is 1.41 bits per heavy atom. The van der Waals surface area contributed by atoms with Crippen molar-refractivity contribution in [3.05, 3.63) is 35.6 Å². The average Bonchev–Trinajstić information content (AvgIpc) is 2.32. The van der Waals surface area contributed by atoms with Crippen LogP contribution < -0.4 is 5.32 Å². The highest BCUT2D eigenvalue weighted by atomic mass is 19.1. The third kappa shape index (κ3) is 3.05. The van der Waals surface area contributed by atoms with E-state index in [4.69, 9.17) is 0 Å². The first-order chi connectivity index (χ1) is 8.18. The van der Waals surface area contributed by atoms with Crippen LogP contribution in [0.3, 0.4) is 0 Å². The van der Waals surface area contributed by atoms with Crippen molar-refractivity contribution in [2.45, 2.75) is 26.4 Å². The van der Waals surface area contributed by atoms with Gasteiger partial charge in [0.2, 0.25) is 0 Å². The van der Waals surface area contributed by atoms with Gasteiger partial charge in [-0.1, -0.05) is 32.0 Å². The minimum absolute atomic E-state index is 0.0893. The monoisotopic (exact) mass is 236 g/mol. The molecule has 1 fully saturated rings. The summed E-state index contributed by atoms with van der Waals surface area (Å²) in [6, 6.07) is 7.58. The number of nitrogens with zero attached hydrogens (tertiary/aromatic N) is 1. The maximum absolute atomic E-state index is 13.6. The molecule has 1 N–H and O–H groups in total. The van der Waals surface area contributed by atoms with Crippen LogP contribution >= 0.6 is 0 Å². The Kier molecular flexibility index (Phi) is 4.13. The minimum Gasteiger partial charge on any atom is -0.314 e. The molecule has 17 heavy (non-hydrogen) atoms. The van der Waals surface area contributed by atoms with Crippen molar-refractivity contribution in [1.29, 1.82) is 0 Å². The fourth-order valence-corrected chi connectivity index (χ4v) is 2.47. The SMILES string of the molecule is CC(C)C1CNCCN1Cc1ccccc1F. The summed E-state index contributed by atoms with van der Waals surface area (Å²) < 4.78 is 13.6. The summed E-state index contributed by atoms with van der Waals surface area (Å²) in [5.41, 5.74) is 0.806. The molecular formula is C14H21FN2. The van der Waals surface area contributed by atoms with Gasteiger partial charge in [-0.15, -0.1) is 0 Å². The van der Waals surface area contributed by atoms with Crippen molar-refractivity contribution in [1.82, 2.24) is 10.2 Å². The molecule has 2 rings (SSSR count). The number of rotatable bonds is 3. The van der Waals surface area contributed by atoms with Crippen LogP contribution in [0.4, 0.5) is 4.39 Å². The second-order valence-electron chi connectivity index (χ2n) is 5.08. The zero-order valence-electron chi connectivity index (χ0n) is 10.6. The van der Waals surface area contributed by atoms with Crippen molar-refractivity contribution in [2.24, 2.45) is 5.92 Å². The second kappa shape index (κ2) is 5.61. The topological polar surface area (TPSA) is 15.3 Å². The largest absolute Gasteiger partial charge is 0.314 e. The van der Waals surface area contributed by atoms with E-state index < -0.39 is 0 Å². The van der Waals surface area contributed by atoms with Crippen LogP contribution in [0.25, 0.3) is 0 Å². The van der Waals surface area contributed by atoms with E-state index in [1.807, 2.05) is 12.1 Å². The molecule has 0 aromatic heterocycles. The molecule has 1 aliphatic heterocycles. The van der Waals surface area contributed by atoms with Gasteiger partial charge in [0.15, 0.2) is 0 Å². The number of nitrogens with one attached hydrogen (secondary N) is 1. The Bertz CT molecular complexity index is 365. The molecule has 1 unspecified atom stereocenters. The Labute approximate surface area is 103 Å². The number of hydrogen-bond donors (Lipinski definition) is 1. The molecule has 1 aliphatic rings. The third-order valence-electron chi connectivity index (χ3n) is 3.50. The Morgan fingerprint density at radius 3 is 2.88 bits per heavy atom. The van der Waals surface area contributed by atoms with Gasteiger partial charge < -0.3 is 5.32 Å². The van der Waals surface area contributed by atoms with Crippen LogP contribution in [0.2, 0.25) is 0 Å². The smallest absolute Gasteiger partial charge is 0.127 e. The van der Waals surface area contributed by atoms with E-state index in [0.29, 0.717) is 12.0 Å². The van der Waals surface area contributed by atoms with Crippen LogP contribution in [0.5, 0.6) is 0 Å². The maximum atomic E-state index is 13.6. The molecule has 0 amide bonds. The van der Waals surface area contributed by atoms with E-state index in [1.165, 1.54) is 0 Å².